The Labute approximate surface area is 205 Å². The fourth-order valence-electron chi connectivity index (χ4n) is 4.26. The van der Waals surface area contributed by atoms with Gasteiger partial charge < -0.3 is 5.11 Å². The zero-order valence-corrected chi connectivity index (χ0v) is 22.1. The first-order valence-electron chi connectivity index (χ1n) is 13.6. The molecule has 0 unspecified atom stereocenters. The molecule has 0 fully saturated rings. The quantitative estimate of drug-likeness (QED) is 0.0746. The maximum atomic E-state index is 10.4. The summed E-state index contributed by atoms with van der Waals surface area (Å²) in [6.45, 7) is 0. The molecule has 0 heterocycles. The Morgan fingerprint density at radius 1 is 0.452 bits per heavy atom. The molecule has 0 aliphatic heterocycles. The summed E-state index contributed by atoms with van der Waals surface area (Å²) in [7, 11) is 0. The Balaban J connectivity index is 3.02. The summed E-state index contributed by atoms with van der Waals surface area (Å²) in [6.07, 6.45) is 32.3. The molecule has 0 amide bonds. The summed E-state index contributed by atoms with van der Waals surface area (Å²) in [4.78, 5) is 10.4. The maximum absolute atomic E-state index is 10.4. The molecule has 0 atom stereocenters. The molecule has 0 aliphatic rings. The van der Waals surface area contributed by atoms with Crippen LogP contribution in [-0.4, -0.2) is 15.3 Å². The van der Waals surface area contributed by atoms with Crippen molar-refractivity contribution in [2.45, 2.75) is 161 Å². The molecule has 0 radical (unpaired) electrons. The second kappa shape index (κ2) is 26.2. The molecule has 0 bridgehead atoms. The SMILES string of the molecule is O=C(O)CCCCCCCCCCCCCCCCCCCCCCCCCC(=S)S. The number of rotatable bonds is 26. The van der Waals surface area contributed by atoms with Crippen molar-refractivity contribution in [3.05, 3.63) is 0 Å². The van der Waals surface area contributed by atoms with E-state index in [1.165, 1.54) is 135 Å². The lowest BCUT2D eigenvalue weighted by Crippen LogP contribution is -1.93. The highest BCUT2D eigenvalue weighted by molar-refractivity contribution is 8.11. The van der Waals surface area contributed by atoms with Gasteiger partial charge in [-0.2, -0.15) is 0 Å². The molecule has 0 aliphatic carbocycles. The first-order valence-corrected chi connectivity index (χ1v) is 14.4. The zero-order chi connectivity index (χ0) is 22.8. The van der Waals surface area contributed by atoms with Gasteiger partial charge in [-0.25, -0.2) is 0 Å². The lowest BCUT2D eigenvalue weighted by Gasteiger charge is -2.04. The molecule has 0 rings (SSSR count). The highest BCUT2D eigenvalue weighted by atomic mass is 32.1. The van der Waals surface area contributed by atoms with Crippen LogP contribution in [0.1, 0.15) is 161 Å². The second-order valence-electron chi connectivity index (χ2n) is 9.42. The van der Waals surface area contributed by atoms with Crippen molar-refractivity contribution in [2.24, 2.45) is 0 Å². The molecule has 184 valence electrons. The van der Waals surface area contributed by atoms with Gasteiger partial charge in [0.1, 0.15) is 0 Å². The van der Waals surface area contributed by atoms with E-state index in [0.29, 0.717) is 6.42 Å². The van der Waals surface area contributed by atoms with Crippen molar-refractivity contribution in [3.63, 3.8) is 0 Å². The van der Waals surface area contributed by atoms with Gasteiger partial charge in [0.2, 0.25) is 0 Å². The summed E-state index contributed by atoms with van der Waals surface area (Å²) < 4.78 is 0.867. The number of hydrogen-bond donors (Lipinski definition) is 2. The van der Waals surface area contributed by atoms with E-state index in [2.05, 4.69) is 12.6 Å². The predicted octanol–water partition coefficient (Wildman–Crippen LogP) is 10.1. The van der Waals surface area contributed by atoms with Crippen LogP contribution in [0.4, 0.5) is 0 Å². The third-order valence-corrected chi connectivity index (χ3v) is 6.71. The highest BCUT2D eigenvalue weighted by Gasteiger charge is 1.98. The van der Waals surface area contributed by atoms with Gasteiger partial charge in [0.05, 0.1) is 0 Å². The van der Waals surface area contributed by atoms with E-state index in [0.717, 1.165) is 23.5 Å². The maximum Gasteiger partial charge on any atom is 0.303 e. The predicted molar refractivity (Wildman–Crippen MR) is 145 cm³/mol. The van der Waals surface area contributed by atoms with Crippen molar-refractivity contribution in [1.82, 2.24) is 0 Å². The van der Waals surface area contributed by atoms with E-state index >= 15 is 0 Å². The number of carboxylic acids is 1. The number of carboxylic acid groups (broad SMARTS) is 1. The van der Waals surface area contributed by atoms with Gasteiger partial charge in [0, 0.05) is 10.6 Å². The molecule has 0 aromatic heterocycles. The molecule has 1 N–H and O–H groups in total. The van der Waals surface area contributed by atoms with Crippen LogP contribution in [0.5, 0.6) is 0 Å². The molecule has 0 saturated heterocycles. The van der Waals surface area contributed by atoms with Gasteiger partial charge in [0.25, 0.3) is 0 Å². The second-order valence-corrected chi connectivity index (χ2v) is 10.8. The number of carbonyl (C=O) groups is 1. The molecular formula is C27H52O2S2. The lowest BCUT2D eigenvalue weighted by molar-refractivity contribution is -0.137. The van der Waals surface area contributed by atoms with Crippen molar-refractivity contribution in [1.29, 1.82) is 0 Å². The van der Waals surface area contributed by atoms with Gasteiger partial charge in [0.15, 0.2) is 0 Å². The van der Waals surface area contributed by atoms with Crippen LogP contribution in [0.25, 0.3) is 0 Å². The Morgan fingerprint density at radius 3 is 0.839 bits per heavy atom. The lowest BCUT2D eigenvalue weighted by atomic mass is 10.0. The summed E-state index contributed by atoms with van der Waals surface area (Å²) in [5.74, 6) is -0.653. The fourth-order valence-corrected chi connectivity index (χ4v) is 4.57. The minimum Gasteiger partial charge on any atom is -0.481 e. The molecule has 0 aromatic rings. The molecule has 0 aromatic carbocycles. The average Bonchev–Trinajstić information content (AvgIpc) is 2.73. The summed E-state index contributed by atoms with van der Waals surface area (Å²) in [5, 5.41) is 8.60. The van der Waals surface area contributed by atoms with E-state index in [4.69, 9.17) is 17.3 Å². The number of thiocarbonyl (C=S) groups is 1. The summed E-state index contributed by atoms with van der Waals surface area (Å²) >= 11 is 9.16. The first-order chi connectivity index (χ1) is 15.1. The van der Waals surface area contributed by atoms with Crippen LogP contribution in [-0.2, 0) is 4.79 Å². The smallest absolute Gasteiger partial charge is 0.303 e. The van der Waals surface area contributed by atoms with E-state index in [1.807, 2.05) is 0 Å². The van der Waals surface area contributed by atoms with Gasteiger partial charge in [-0.3, -0.25) is 4.79 Å². The third-order valence-electron chi connectivity index (χ3n) is 6.28. The van der Waals surface area contributed by atoms with Crippen molar-refractivity contribution >= 4 is 35.0 Å². The van der Waals surface area contributed by atoms with E-state index in [-0.39, 0.29) is 0 Å². The number of aliphatic carboxylic acids is 1. The number of hydrogen-bond acceptors (Lipinski definition) is 2. The largest absolute Gasteiger partial charge is 0.481 e. The van der Waals surface area contributed by atoms with E-state index in [1.54, 1.807) is 0 Å². The Kier molecular flexibility index (Phi) is 26.1. The molecule has 0 spiro atoms. The van der Waals surface area contributed by atoms with Gasteiger partial charge in [-0.15, -0.1) is 12.6 Å². The molecule has 31 heavy (non-hydrogen) atoms. The van der Waals surface area contributed by atoms with Crippen LogP contribution in [0, 0.1) is 0 Å². The summed E-state index contributed by atoms with van der Waals surface area (Å²) in [6, 6.07) is 0. The molecule has 2 nitrogen and oxygen atoms in total. The Bertz CT molecular complexity index is 363. The Morgan fingerprint density at radius 2 is 0.645 bits per heavy atom. The van der Waals surface area contributed by atoms with Gasteiger partial charge in [-0.1, -0.05) is 147 Å². The zero-order valence-electron chi connectivity index (χ0n) is 20.4. The fraction of sp³-hybridized carbons (Fsp3) is 0.926. The average molecular weight is 473 g/mol. The standard InChI is InChI=1S/C27H52O2S2/c28-26(29)24-22-20-18-16-14-12-10-8-6-4-2-1-3-5-7-9-11-13-15-17-19-21-23-25-27(30)31/h1-25H2,(H,28,29)(H,30,31). The monoisotopic (exact) mass is 472 g/mol. The highest BCUT2D eigenvalue weighted by Crippen LogP contribution is 2.16. The Hall–Kier alpha value is -0.0900. The van der Waals surface area contributed by atoms with Gasteiger partial charge in [-0.05, 0) is 19.3 Å². The minimum atomic E-state index is -0.653. The van der Waals surface area contributed by atoms with E-state index in [9.17, 15) is 4.79 Å². The van der Waals surface area contributed by atoms with Crippen LogP contribution in [0.3, 0.4) is 0 Å². The normalized spacial score (nSPS) is 11.1. The minimum absolute atomic E-state index is 0.342. The van der Waals surface area contributed by atoms with Crippen molar-refractivity contribution < 1.29 is 9.90 Å². The molecule has 0 saturated carbocycles. The number of unbranched alkanes of at least 4 members (excludes halogenated alkanes) is 22. The van der Waals surface area contributed by atoms with Crippen LogP contribution in [0.15, 0.2) is 0 Å². The van der Waals surface area contributed by atoms with Crippen molar-refractivity contribution in [3.8, 4) is 0 Å². The molecule has 4 heteroatoms. The van der Waals surface area contributed by atoms with Crippen LogP contribution >= 0.6 is 24.8 Å². The molecular weight excluding hydrogens is 420 g/mol. The van der Waals surface area contributed by atoms with E-state index < -0.39 is 5.97 Å². The van der Waals surface area contributed by atoms with Crippen LogP contribution in [0.2, 0.25) is 0 Å². The summed E-state index contributed by atoms with van der Waals surface area (Å²) in [5.41, 5.74) is 0. The van der Waals surface area contributed by atoms with Crippen molar-refractivity contribution in [2.75, 3.05) is 0 Å². The topological polar surface area (TPSA) is 37.3 Å². The number of thiol groups is 1. The first kappa shape index (κ1) is 30.9. The van der Waals surface area contributed by atoms with Gasteiger partial charge >= 0.3 is 5.97 Å². The third kappa shape index (κ3) is 29.9. The van der Waals surface area contributed by atoms with Crippen LogP contribution < -0.4 is 0 Å².